The average molecular weight is 371 g/mol. The zero-order valence-electron chi connectivity index (χ0n) is 13.7. The van der Waals surface area contributed by atoms with Crippen LogP contribution in [0.3, 0.4) is 0 Å². The van der Waals surface area contributed by atoms with Crippen molar-refractivity contribution in [2.24, 2.45) is 0 Å². The third-order valence-corrected chi connectivity index (χ3v) is 4.18. The van der Waals surface area contributed by atoms with E-state index in [9.17, 15) is 4.79 Å². The minimum Gasteiger partial charge on any atom is -0.493 e. The number of furan rings is 1. The van der Waals surface area contributed by atoms with Gasteiger partial charge in [0.05, 0.1) is 30.2 Å². The highest BCUT2D eigenvalue weighted by molar-refractivity contribution is 6.30. The molecule has 6 heteroatoms. The Kier molecular flexibility index (Phi) is 4.54. The quantitative estimate of drug-likeness (QED) is 0.351. The average Bonchev–Trinajstić information content (AvgIpc) is 3.10. The molecule has 0 amide bonds. The van der Waals surface area contributed by atoms with Crippen molar-refractivity contribution in [2.75, 3.05) is 13.2 Å². The minimum absolute atomic E-state index is 0.411. The normalized spacial score (nSPS) is 11.1. The van der Waals surface area contributed by atoms with Crippen LogP contribution in [0.5, 0.6) is 11.5 Å². The van der Waals surface area contributed by atoms with Gasteiger partial charge in [-0.3, -0.25) is 0 Å². The van der Waals surface area contributed by atoms with Crippen molar-refractivity contribution in [1.82, 2.24) is 0 Å². The van der Waals surface area contributed by atoms with Gasteiger partial charge in [0.1, 0.15) is 22.7 Å². The summed E-state index contributed by atoms with van der Waals surface area (Å²) in [5.41, 5.74) is 0.636. The van der Waals surface area contributed by atoms with Crippen molar-refractivity contribution < 1.29 is 18.3 Å². The second kappa shape index (κ2) is 7.14. The van der Waals surface area contributed by atoms with E-state index < -0.39 is 5.63 Å². The van der Waals surface area contributed by atoms with Gasteiger partial charge in [-0.15, -0.1) is 0 Å². The van der Waals surface area contributed by atoms with Crippen molar-refractivity contribution >= 4 is 33.5 Å². The standard InChI is InChI=1S/C20H15ClO5/c21-13-2-4-14(5-3-13)23-9-1-10-25-20-15-6-7-19(22)26-18(15)12-17-16(20)8-11-24-17/h2-8,11-12H,1,9-10H2. The first-order valence-corrected chi connectivity index (χ1v) is 8.54. The van der Waals surface area contributed by atoms with Crippen LogP contribution < -0.4 is 15.1 Å². The Hall–Kier alpha value is -2.92. The van der Waals surface area contributed by atoms with E-state index in [-0.39, 0.29) is 0 Å². The van der Waals surface area contributed by atoms with Crippen LogP contribution in [-0.2, 0) is 0 Å². The molecule has 0 saturated carbocycles. The monoisotopic (exact) mass is 370 g/mol. The van der Waals surface area contributed by atoms with Gasteiger partial charge >= 0.3 is 5.63 Å². The first-order valence-electron chi connectivity index (χ1n) is 8.16. The van der Waals surface area contributed by atoms with E-state index in [4.69, 9.17) is 29.9 Å². The lowest BCUT2D eigenvalue weighted by molar-refractivity contribution is 0.250. The molecule has 0 radical (unpaired) electrons. The Balaban J connectivity index is 1.46. The molecule has 26 heavy (non-hydrogen) atoms. The Morgan fingerprint density at radius 1 is 0.885 bits per heavy atom. The van der Waals surface area contributed by atoms with Crippen LogP contribution in [0.15, 0.2) is 68.4 Å². The molecule has 4 rings (SSSR count). The Morgan fingerprint density at radius 2 is 1.65 bits per heavy atom. The molecule has 0 N–H and O–H groups in total. The fourth-order valence-electron chi connectivity index (χ4n) is 2.72. The molecule has 0 unspecified atom stereocenters. The molecule has 0 spiro atoms. The van der Waals surface area contributed by atoms with Crippen LogP contribution in [0.2, 0.25) is 5.02 Å². The molecule has 5 nitrogen and oxygen atoms in total. The number of ether oxygens (including phenoxy) is 2. The lowest BCUT2D eigenvalue weighted by Gasteiger charge is -2.11. The predicted molar refractivity (Wildman–Crippen MR) is 99.3 cm³/mol. The Morgan fingerprint density at radius 3 is 2.50 bits per heavy atom. The summed E-state index contributed by atoms with van der Waals surface area (Å²) in [6.45, 7) is 0.960. The molecule has 4 aromatic rings. The summed E-state index contributed by atoms with van der Waals surface area (Å²) in [5.74, 6) is 1.40. The molecular weight excluding hydrogens is 356 g/mol. The van der Waals surface area contributed by atoms with Crippen LogP contribution in [0.1, 0.15) is 6.42 Å². The van der Waals surface area contributed by atoms with Gasteiger partial charge in [-0.2, -0.15) is 0 Å². The van der Waals surface area contributed by atoms with E-state index in [1.165, 1.54) is 6.07 Å². The summed E-state index contributed by atoms with van der Waals surface area (Å²) in [6, 6.07) is 13.8. The topological polar surface area (TPSA) is 61.8 Å². The van der Waals surface area contributed by atoms with Gasteiger partial charge in [-0.1, -0.05) is 11.6 Å². The van der Waals surface area contributed by atoms with Crippen molar-refractivity contribution in [3.8, 4) is 11.5 Å². The van der Waals surface area contributed by atoms with Gasteiger partial charge in [-0.05, 0) is 36.4 Å². The molecule has 0 aliphatic rings. The summed E-state index contributed by atoms with van der Waals surface area (Å²) >= 11 is 5.85. The second-order valence-electron chi connectivity index (χ2n) is 5.71. The molecule has 0 aliphatic carbocycles. The van der Waals surface area contributed by atoms with Crippen LogP contribution in [0.4, 0.5) is 0 Å². The molecule has 0 fully saturated rings. The SMILES string of the molecule is O=c1ccc2c(OCCCOc3ccc(Cl)cc3)c3ccoc3cc2o1. The third-order valence-electron chi connectivity index (χ3n) is 3.93. The van der Waals surface area contributed by atoms with Crippen LogP contribution in [0, 0.1) is 0 Å². The minimum atomic E-state index is -0.411. The summed E-state index contributed by atoms with van der Waals surface area (Å²) < 4.78 is 22.3. The van der Waals surface area contributed by atoms with E-state index in [1.807, 2.05) is 18.2 Å². The van der Waals surface area contributed by atoms with Crippen molar-refractivity contribution in [2.45, 2.75) is 6.42 Å². The fourth-order valence-corrected chi connectivity index (χ4v) is 2.85. The molecule has 0 atom stereocenters. The van der Waals surface area contributed by atoms with Gasteiger partial charge in [0.25, 0.3) is 0 Å². The molecule has 0 aliphatic heterocycles. The highest BCUT2D eigenvalue weighted by Crippen LogP contribution is 2.35. The number of halogens is 1. The summed E-state index contributed by atoms with van der Waals surface area (Å²) in [4.78, 5) is 11.5. The van der Waals surface area contributed by atoms with Crippen LogP contribution in [-0.4, -0.2) is 13.2 Å². The Bertz CT molecular complexity index is 1090. The number of hydrogen-bond acceptors (Lipinski definition) is 5. The van der Waals surface area contributed by atoms with Gasteiger partial charge in [0.15, 0.2) is 0 Å². The smallest absolute Gasteiger partial charge is 0.336 e. The number of rotatable bonds is 6. The fraction of sp³-hybridized carbons (Fsp3) is 0.150. The van der Waals surface area contributed by atoms with Crippen LogP contribution >= 0.6 is 11.6 Å². The zero-order chi connectivity index (χ0) is 17.9. The Labute approximate surface area is 153 Å². The molecule has 2 aromatic heterocycles. The maximum atomic E-state index is 11.5. The van der Waals surface area contributed by atoms with Crippen molar-refractivity contribution in [3.05, 3.63) is 70.2 Å². The lowest BCUT2D eigenvalue weighted by Crippen LogP contribution is -2.05. The summed E-state index contributed by atoms with van der Waals surface area (Å²) in [6.07, 6.45) is 2.27. The van der Waals surface area contributed by atoms with E-state index in [2.05, 4.69) is 0 Å². The highest BCUT2D eigenvalue weighted by atomic mass is 35.5. The molecule has 0 saturated heterocycles. The van der Waals surface area contributed by atoms with Gasteiger partial charge in [-0.25, -0.2) is 4.79 Å². The van der Waals surface area contributed by atoms with Gasteiger partial charge < -0.3 is 18.3 Å². The third kappa shape index (κ3) is 3.39. The molecule has 2 aromatic carbocycles. The highest BCUT2D eigenvalue weighted by Gasteiger charge is 2.13. The maximum absolute atomic E-state index is 11.5. The predicted octanol–water partition coefficient (Wildman–Crippen LogP) is 5.04. The first kappa shape index (κ1) is 16.5. The second-order valence-corrected chi connectivity index (χ2v) is 6.15. The summed E-state index contributed by atoms with van der Waals surface area (Å²) in [7, 11) is 0. The van der Waals surface area contributed by atoms with Gasteiger partial charge in [0, 0.05) is 23.6 Å². The maximum Gasteiger partial charge on any atom is 0.336 e. The largest absolute Gasteiger partial charge is 0.493 e. The zero-order valence-corrected chi connectivity index (χ0v) is 14.5. The van der Waals surface area contributed by atoms with Crippen LogP contribution in [0.25, 0.3) is 21.9 Å². The van der Waals surface area contributed by atoms with E-state index >= 15 is 0 Å². The summed E-state index contributed by atoms with van der Waals surface area (Å²) in [5, 5.41) is 2.24. The molecule has 0 bridgehead atoms. The molecular formula is C20H15ClO5. The number of fused-ring (bicyclic) bond motifs is 2. The van der Waals surface area contributed by atoms with E-state index in [0.717, 1.165) is 16.5 Å². The first-order chi connectivity index (χ1) is 12.7. The van der Waals surface area contributed by atoms with E-state index in [0.29, 0.717) is 41.6 Å². The molecule has 132 valence electrons. The van der Waals surface area contributed by atoms with Crippen molar-refractivity contribution in [1.29, 1.82) is 0 Å². The van der Waals surface area contributed by atoms with Crippen molar-refractivity contribution in [3.63, 3.8) is 0 Å². The van der Waals surface area contributed by atoms with E-state index in [1.54, 1.807) is 30.5 Å². The number of hydrogen-bond donors (Lipinski definition) is 0. The lowest BCUT2D eigenvalue weighted by atomic mass is 10.1. The van der Waals surface area contributed by atoms with Gasteiger partial charge in [0.2, 0.25) is 0 Å². The number of benzene rings is 2. The molecule has 2 heterocycles.